The fraction of sp³-hybridized carbons (Fsp3) is 0. The second-order valence-corrected chi connectivity index (χ2v) is 5.60. The number of hydrogen-bond donors (Lipinski definition) is 1. The van der Waals surface area contributed by atoms with Gasteiger partial charge in [0.15, 0.2) is 0 Å². The Morgan fingerprint density at radius 2 is 1.59 bits per heavy atom. The topological polar surface area (TPSA) is 35.2 Å². The summed E-state index contributed by atoms with van der Waals surface area (Å²) >= 11 is 12.7. The first kappa shape index (κ1) is 12.7. The third-order valence-electron chi connectivity index (χ3n) is 2.08. The number of anilines is 1. The van der Waals surface area contributed by atoms with Crippen molar-refractivity contribution >= 4 is 49.1 Å². The Hall–Kier alpha value is -0.710. The molecule has 2 rings (SSSR count). The fourth-order valence-corrected chi connectivity index (χ4v) is 2.16. The molecular formula is C12H8Br2ClNO. The molecule has 0 atom stereocenters. The van der Waals surface area contributed by atoms with Crippen molar-refractivity contribution in [1.82, 2.24) is 0 Å². The summed E-state index contributed by atoms with van der Waals surface area (Å²) in [6.45, 7) is 0. The van der Waals surface area contributed by atoms with Gasteiger partial charge < -0.3 is 10.5 Å². The van der Waals surface area contributed by atoms with E-state index in [1.54, 1.807) is 24.3 Å². The van der Waals surface area contributed by atoms with Gasteiger partial charge >= 0.3 is 0 Å². The molecule has 0 radical (unpaired) electrons. The van der Waals surface area contributed by atoms with Gasteiger partial charge in [-0.25, -0.2) is 0 Å². The Morgan fingerprint density at radius 3 is 2.29 bits per heavy atom. The van der Waals surface area contributed by atoms with Crippen LogP contribution >= 0.6 is 43.5 Å². The number of rotatable bonds is 2. The van der Waals surface area contributed by atoms with Crippen LogP contribution in [0, 0.1) is 0 Å². The summed E-state index contributed by atoms with van der Waals surface area (Å²) in [4.78, 5) is 0. The van der Waals surface area contributed by atoms with Crippen molar-refractivity contribution in [1.29, 1.82) is 0 Å². The fourth-order valence-electron chi connectivity index (χ4n) is 1.29. The molecule has 0 saturated carbocycles. The molecule has 0 amide bonds. The molecule has 2 N–H and O–H groups in total. The van der Waals surface area contributed by atoms with Gasteiger partial charge in [0.1, 0.15) is 11.5 Å². The van der Waals surface area contributed by atoms with Crippen LogP contribution in [0.2, 0.25) is 5.02 Å². The van der Waals surface area contributed by atoms with Crippen LogP contribution < -0.4 is 10.5 Å². The molecule has 0 bridgehead atoms. The number of nitrogen functional groups attached to an aromatic ring is 1. The van der Waals surface area contributed by atoms with Crippen molar-refractivity contribution in [3.8, 4) is 11.5 Å². The first-order valence-electron chi connectivity index (χ1n) is 4.74. The Bertz CT molecular complexity index is 560. The smallest absolute Gasteiger partial charge is 0.150 e. The first-order valence-corrected chi connectivity index (χ1v) is 6.70. The van der Waals surface area contributed by atoms with E-state index >= 15 is 0 Å². The average Bonchev–Trinajstić information content (AvgIpc) is 2.27. The number of halogens is 3. The molecule has 2 aromatic carbocycles. The molecular weight excluding hydrogens is 369 g/mol. The van der Waals surface area contributed by atoms with Crippen LogP contribution in [0.4, 0.5) is 5.69 Å². The highest BCUT2D eigenvalue weighted by Gasteiger charge is 2.07. The van der Waals surface area contributed by atoms with E-state index in [0.29, 0.717) is 22.2 Å². The zero-order chi connectivity index (χ0) is 12.4. The van der Waals surface area contributed by atoms with Gasteiger partial charge in [0.25, 0.3) is 0 Å². The highest BCUT2D eigenvalue weighted by atomic mass is 79.9. The quantitative estimate of drug-likeness (QED) is 0.727. The molecule has 0 aliphatic carbocycles. The minimum atomic E-state index is 0.538. The van der Waals surface area contributed by atoms with Crippen LogP contribution in [0.1, 0.15) is 0 Å². The molecule has 0 heterocycles. The van der Waals surface area contributed by atoms with Gasteiger partial charge in [-0.3, -0.25) is 0 Å². The Morgan fingerprint density at radius 1 is 0.941 bits per heavy atom. The van der Waals surface area contributed by atoms with Gasteiger partial charge in [0.05, 0.1) is 10.7 Å². The molecule has 0 aromatic heterocycles. The lowest BCUT2D eigenvalue weighted by atomic mass is 10.3. The highest BCUT2D eigenvalue weighted by molar-refractivity contribution is 9.10. The van der Waals surface area contributed by atoms with Gasteiger partial charge in [0.2, 0.25) is 0 Å². The summed E-state index contributed by atoms with van der Waals surface area (Å²) in [6, 6.07) is 10.8. The van der Waals surface area contributed by atoms with Gasteiger partial charge in [-0.1, -0.05) is 43.5 Å². The normalized spacial score (nSPS) is 10.3. The third kappa shape index (κ3) is 3.15. The van der Waals surface area contributed by atoms with Crippen LogP contribution in [0.15, 0.2) is 45.3 Å². The standard InChI is InChI=1S/C12H8Br2ClNO/c13-7-2-4-11(10(16)5-7)17-12-6-8(14)1-3-9(12)15/h1-6H,16H2. The zero-order valence-electron chi connectivity index (χ0n) is 8.58. The molecule has 0 aliphatic heterocycles. The Balaban J connectivity index is 2.34. The monoisotopic (exact) mass is 375 g/mol. The number of benzene rings is 2. The van der Waals surface area contributed by atoms with E-state index in [4.69, 9.17) is 22.1 Å². The van der Waals surface area contributed by atoms with E-state index in [9.17, 15) is 0 Å². The summed E-state index contributed by atoms with van der Waals surface area (Å²) in [5.41, 5.74) is 6.40. The summed E-state index contributed by atoms with van der Waals surface area (Å²) in [6.07, 6.45) is 0. The lowest BCUT2D eigenvalue weighted by molar-refractivity contribution is 0.485. The highest BCUT2D eigenvalue weighted by Crippen LogP contribution is 2.35. The minimum Gasteiger partial charge on any atom is -0.454 e. The van der Waals surface area contributed by atoms with E-state index in [-0.39, 0.29) is 0 Å². The maximum atomic E-state index is 6.03. The van der Waals surface area contributed by atoms with Crippen LogP contribution in [0.5, 0.6) is 11.5 Å². The molecule has 17 heavy (non-hydrogen) atoms. The Labute approximate surface area is 121 Å². The van der Waals surface area contributed by atoms with Crippen LogP contribution in [0.25, 0.3) is 0 Å². The molecule has 2 aromatic rings. The molecule has 0 saturated heterocycles. The lowest BCUT2D eigenvalue weighted by Gasteiger charge is -2.10. The van der Waals surface area contributed by atoms with Gasteiger partial charge in [-0.15, -0.1) is 0 Å². The average molecular weight is 377 g/mol. The van der Waals surface area contributed by atoms with E-state index < -0.39 is 0 Å². The maximum absolute atomic E-state index is 6.03. The van der Waals surface area contributed by atoms with Crippen molar-refractivity contribution in [3.63, 3.8) is 0 Å². The summed E-state index contributed by atoms with van der Waals surface area (Å²) < 4.78 is 7.47. The second kappa shape index (κ2) is 5.29. The molecule has 2 nitrogen and oxygen atoms in total. The van der Waals surface area contributed by atoms with Crippen molar-refractivity contribution < 1.29 is 4.74 Å². The largest absolute Gasteiger partial charge is 0.454 e. The number of ether oxygens (including phenoxy) is 1. The molecule has 0 spiro atoms. The van der Waals surface area contributed by atoms with Crippen LogP contribution in [-0.4, -0.2) is 0 Å². The van der Waals surface area contributed by atoms with E-state index in [1.165, 1.54) is 0 Å². The lowest BCUT2D eigenvalue weighted by Crippen LogP contribution is -1.92. The predicted molar refractivity (Wildman–Crippen MR) is 77.8 cm³/mol. The van der Waals surface area contributed by atoms with E-state index in [1.807, 2.05) is 12.1 Å². The summed E-state index contributed by atoms with van der Waals surface area (Å²) in [7, 11) is 0. The van der Waals surface area contributed by atoms with Crippen LogP contribution in [0.3, 0.4) is 0 Å². The molecule has 0 unspecified atom stereocenters. The minimum absolute atomic E-state index is 0.538. The van der Waals surface area contributed by atoms with Crippen molar-refractivity contribution in [3.05, 3.63) is 50.4 Å². The Kier molecular flexibility index (Phi) is 3.97. The van der Waals surface area contributed by atoms with Crippen molar-refractivity contribution in [2.45, 2.75) is 0 Å². The maximum Gasteiger partial charge on any atom is 0.150 e. The summed E-state index contributed by atoms with van der Waals surface area (Å²) in [5.74, 6) is 1.14. The first-order chi connectivity index (χ1) is 8.06. The third-order valence-corrected chi connectivity index (χ3v) is 3.38. The van der Waals surface area contributed by atoms with Gasteiger partial charge in [0, 0.05) is 8.95 Å². The van der Waals surface area contributed by atoms with Gasteiger partial charge in [-0.2, -0.15) is 0 Å². The SMILES string of the molecule is Nc1cc(Br)ccc1Oc1cc(Br)ccc1Cl. The number of nitrogens with two attached hydrogens (primary N) is 1. The number of hydrogen-bond acceptors (Lipinski definition) is 2. The summed E-state index contributed by atoms with van der Waals surface area (Å²) in [5, 5.41) is 0.538. The van der Waals surface area contributed by atoms with E-state index in [0.717, 1.165) is 8.95 Å². The molecule has 0 aliphatic rings. The van der Waals surface area contributed by atoms with E-state index in [2.05, 4.69) is 31.9 Å². The predicted octanol–water partition coefficient (Wildman–Crippen LogP) is 5.24. The van der Waals surface area contributed by atoms with Crippen molar-refractivity contribution in [2.24, 2.45) is 0 Å². The zero-order valence-corrected chi connectivity index (χ0v) is 12.5. The molecule has 0 fully saturated rings. The van der Waals surface area contributed by atoms with Crippen LogP contribution in [-0.2, 0) is 0 Å². The van der Waals surface area contributed by atoms with Gasteiger partial charge in [-0.05, 0) is 36.4 Å². The molecule has 88 valence electrons. The second-order valence-electron chi connectivity index (χ2n) is 3.36. The van der Waals surface area contributed by atoms with Crippen molar-refractivity contribution in [2.75, 3.05) is 5.73 Å². The molecule has 5 heteroatoms.